The summed E-state index contributed by atoms with van der Waals surface area (Å²) in [6.45, 7) is 4.81. The number of halogens is 1. The highest BCUT2D eigenvalue weighted by atomic mass is 35.5. The lowest BCUT2D eigenvalue weighted by Crippen LogP contribution is -2.44. The van der Waals surface area contributed by atoms with Gasteiger partial charge >= 0.3 is 6.09 Å². The fourth-order valence-electron chi connectivity index (χ4n) is 2.05. The summed E-state index contributed by atoms with van der Waals surface area (Å²) in [5, 5.41) is 3.05. The van der Waals surface area contributed by atoms with Crippen molar-refractivity contribution in [3.05, 3.63) is 10.6 Å². The van der Waals surface area contributed by atoms with Crippen molar-refractivity contribution in [1.29, 1.82) is 0 Å². The van der Waals surface area contributed by atoms with Gasteiger partial charge in [0.1, 0.15) is 0 Å². The van der Waals surface area contributed by atoms with E-state index in [0.717, 1.165) is 10.6 Å². The summed E-state index contributed by atoms with van der Waals surface area (Å²) in [7, 11) is 1.30. The van der Waals surface area contributed by atoms with Gasteiger partial charge in [-0.3, -0.25) is 10.1 Å². The number of amides is 2. The molecule has 21 heavy (non-hydrogen) atoms. The maximum absolute atomic E-state index is 12.4. The molecule has 0 fully saturated rings. The van der Waals surface area contributed by atoms with Crippen LogP contribution in [0.1, 0.15) is 24.4 Å². The molecule has 0 bridgehead atoms. The predicted molar refractivity (Wildman–Crippen MR) is 81.8 cm³/mol. The Hall–Kier alpha value is -1.34. The first-order valence-corrected chi connectivity index (χ1v) is 7.91. The molecule has 2 rings (SSSR count). The molecule has 0 aliphatic carbocycles. The molecule has 116 valence electrons. The summed E-state index contributed by atoms with van der Waals surface area (Å²) in [4.78, 5) is 30.8. The second kappa shape index (κ2) is 6.19. The van der Waals surface area contributed by atoms with Crippen LogP contribution in [-0.4, -0.2) is 41.4 Å². The van der Waals surface area contributed by atoms with Gasteiger partial charge in [0.25, 0.3) is 0 Å². The SMILES string of the molecule is COC(=O)Nc1nc2c(s1)CN(C(=O)C(C)(C)CCl)CC2. The first kappa shape index (κ1) is 16.0. The zero-order valence-corrected chi connectivity index (χ0v) is 13.8. The number of anilines is 1. The van der Waals surface area contributed by atoms with Crippen LogP contribution in [-0.2, 0) is 22.5 Å². The predicted octanol–water partition coefficient (Wildman–Crippen LogP) is 2.47. The average molecular weight is 332 g/mol. The highest BCUT2D eigenvalue weighted by Crippen LogP contribution is 2.31. The molecule has 1 N–H and O–H groups in total. The van der Waals surface area contributed by atoms with Gasteiger partial charge in [-0.05, 0) is 13.8 Å². The average Bonchev–Trinajstić information content (AvgIpc) is 2.87. The van der Waals surface area contributed by atoms with E-state index in [1.165, 1.54) is 18.4 Å². The molecule has 0 spiro atoms. The fraction of sp³-hybridized carbons (Fsp3) is 0.615. The van der Waals surface area contributed by atoms with E-state index in [2.05, 4.69) is 15.0 Å². The molecule has 0 saturated carbocycles. The van der Waals surface area contributed by atoms with Crippen molar-refractivity contribution in [2.75, 3.05) is 24.9 Å². The van der Waals surface area contributed by atoms with Gasteiger partial charge in [-0.1, -0.05) is 11.3 Å². The smallest absolute Gasteiger partial charge is 0.413 e. The van der Waals surface area contributed by atoms with E-state index in [0.29, 0.717) is 24.6 Å². The zero-order valence-electron chi connectivity index (χ0n) is 12.2. The van der Waals surface area contributed by atoms with Crippen molar-refractivity contribution in [2.24, 2.45) is 5.41 Å². The van der Waals surface area contributed by atoms with Crippen molar-refractivity contribution < 1.29 is 14.3 Å². The summed E-state index contributed by atoms with van der Waals surface area (Å²) in [5.41, 5.74) is 0.357. The number of aromatic nitrogens is 1. The Labute approximate surface area is 132 Å². The van der Waals surface area contributed by atoms with Crippen molar-refractivity contribution in [3.8, 4) is 0 Å². The lowest BCUT2D eigenvalue weighted by molar-refractivity contribution is -0.140. The molecule has 2 heterocycles. The summed E-state index contributed by atoms with van der Waals surface area (Å²) in [5.74, 6) is 0.326. The molecule has 2 amide bonds. The number of carbonyl (C=O) groups excluding carboxylic acids is 2. The molecule has 0 unspecified atom stereocenters. The third-order valence-electron chi connectivity index (χ3n) is 3.33. The van der Waals surface area contributed by atoms with Crippen LogP contribution < -0.4 is 5.32 Å². The number of fused-ring (bicyclic) bond motifs is 1. The van der Waals surface area contributed by atoms with Crippen LogP contribution in [0, 0.1) is 5.41 Å². The summed E-state index contributed by atoms with van der Waals surface area (Å²) in [6, 6.07) is 0. The molecular formula is C13H18ClN3O3S. The van der Waals surface area contributed by atoms with Crippen LogP contribution >= 0.6 is 22.9 Å². The second-order valence-corrected chi connectivity index (χ2v) is 6.85. The minimum absolute atomic E-state index is 0.0408. The van der Waals surface area contributed by atoms with Crippen LogP contribution in [0.3, 0.4) is 0 Å². The maximum Gasteiger partial charge on any atom is 0.413 e. The molecule has 1 aliphatic heterocycles. The minimum atomic E-state index is -0.573. The number of hydrogen-bond donors (Lipinski definition) is 1. The Balaban J connectivity index is 2.10. The van der Waals surface area contributed by atoms with Crippen molar-refractivity contribution in [1.82, 2.24) is 9.88 Å². The third-order valence-corrected chi connectivity index (χ3v) is 4.99. The van der Waals surface area contributed by atoms with Gasteiger partial charge in [0.2, 0.25) is 5.91 Å². The number of rotatable bonds is 3. The molecule has 0 atom stereocenters. The zero-order chi connectivity index (χ0) is 15.6. The quantitative estimate of drug-likeness (QED) is 0.864. The van der Waals surface area contributed by atoms with E-state index in [-0.39, 0.29) is 11.8 Å². The van der Waals surface area contributed by atoms with Crippen LogP contribution in [0.4, 0.5) is 9.93 Å². The van der Waals surface area contributed by atoms with E-state index in [1.807, 2.05) is 13.8 Å². The molecule has 8 heteroatoms. The van der Waals surface area contributed by atoms with E-state index >= 15 is 0 Å². The van der Waals surface area contributed by atoms with Gasteiger partial charge in [-0.15, -0.1) is 11.6 Å². The van der Waals surface area contributed by atoms with Crippen molar-refractivity contribution in [3.63, 3.8) is 0 Å². The first-order chi connectivity index (χ1) is 9.87. The van der Waals surface area contributed by atoms with E-state index in [9.17, 15) is 9.59 Å². The Kier molecular flexibility index (Phi) is 4.73. The standard InChI is InChI=1S/C13H18ClN3O3S/c1-13(2,7-14)10(18)17-5-4-8-9(6-17)21-11(15-8)16-12(19)20-3/h4-7H2,1-3H3,(H,15,16,19). The number of nitrogens with zero attached hydrogens (tertiary/aromatic N) is 2. The molecule has 0 saturated heterocycles. The monoisotopic (exact) mass is 331 g/mol. The normalized spacial score (nSPS) is 14.6. The van der Waals surface area contributed by atoms with E-state index in [1.54, 1.807) is 4.90 Å². The van der Waals surface area contributed by atoms with Crippen LogP contribution in [0.25, 0.3) is 0 Å². The Morgan fingerprint density at radius 1 is 1.52 bits per heavy atom. The van der Waals surface area contributed by atoms with Gasteiger partial charge in [0, 0.05) is 23.7 Å². The lowest BCUT2D eigenvalue weighted by atomic mass is 9.93. The summed E-state index contributed by atoms with van der Waals surface area (Å²) in [6.07, 6.45) is 0.135. The van der Waals surface area contributed by atoms with Gasteiger partial charge in [-0.2, -0.15) is 0 Å². The minimum Gasteiger partial charge on any atom is -0.453 e. The van der Waals surface area contributed by atoms with Gasteiger partial charge in [0.05, 0.1) is 24.8 Å². The summed E-state index contributed by atoms with van der Waals surface area (Å²) >= 11 is 7.23. The second-order valence-electron chi connectivity index (χ2n) is 5.50. The van der Waals surface area contributed by atoms with Gasteiger partial charge < -0.3 is 9.64 Å². The number of thiazole rings is 1. The fourth-order valence-corrected chi connectivity index (χ4v) is 3.17. The molecule has 1 aliphatic rings. The van der Waals surface area contributed by atoms with Gasteiger partial charge in [-0.25, -0.2) is 9.78 Å². The van der Waals surface area contributed by atoms with Crippen LogP contribution in [0.5, 0.6) is 0 Å². The van der Waals surface area contributed by atoms with E-state index in [4.69, 9.17) is 11.6 Å². The molecule has 6 nitrogen and oxygen atoms in total. The van der Waals surface area contributed by atoms with Gasteiger partial charge in [0.15, 0.2) is 5.13 Å². The number of hydrogen-bond acceptors (Lipinski definition) is 5. The largest absolute Gasteiger partial charge is 0.453 e. The molecule has 0 aromatic carbocycles. The van der Waals surface area contributed by atoms with E-state index < -0.39 is 11.5 Å². The third kappa shape index (κ3) is 3.47. The van der Waals surface area contributed by atoms with Crippen LogP contribution in [0.2, 0.25) is 0 Å². The highest BCUT2D eigenvalue weighted by molar-refractivity contribution is 7.15. The number of nitrogens with one attached hydrogen (secondary N) is 1. The number of methoxy groups -OCH3 is 1. The maximum atomic E-state index is 12.4. The number of ether oxygens (including phenoxy) is 1. The molecule has 1 aromatic heterocycles. The summed E-state index contributed by atoms with van der Waals surface area (Å²) < 4.78 is 4.54. The molecule has 1 aromatic rings. The first-order valence-electron chi connectivity index (χ1n) is 6.56. The topological polar surface area (TPSA) is 71.5 Å². The Morgan fingerprint density at radius 3 is 2.86 bits per heavy atom. The number of alkyl halides is 1. The highest BCUT2D eigenvalue weighted by Gasteiger charge is 2.34. The van der Waals surface area contributed by atoms with Crippen molar-refractivity contribution >= 4 is 40.1 Å². The van der Waals surface area contributed by atoms with Crippen LogP contribution in [0.15, 0.2) is 0 Å². The Bertz CT molecular complexity index is 559. The Morgan fingerprint density at radius 2 is 2.24 bits per heavy atom. The molecule has 0 radical (unpaired) electrons. The molecular weight excluding hydrogens is 314 g/mol. The number of carbonyl (C=O) groups is 2. The van der Waals surface area contributed by atoms with Crippen molar-refractivity contribution in [2.45, 2.75) is 26.8 Å². The lowest BCUT2D eigenvalue weighted by Gasteiger charge is -2.32.